The largest absolute Gasteiger partial charge is 0.447 e. The second-order valence-corrected chi connectivity index (χ2v) is 5.04. The van der Waals surface area contributed by atoms with Crippen molar-refractivity contribution in [3.63, 3.8) is 0 Å². The Morgan fingerprint density at radius 1 is 1.38 bits per heavy atom. The molecular weight excluding hydrogens is 345 g/mol. The Balaban J connectivity index is 2.79. The lowest BCUT2D eigenvalue weighted by molar-refractivity contribution is 0.130. The zero-order valence-corrected chi connectivity index (χ0v) is 11.9. The second-order valence-electron chi connectivity index (χ2n) is 3.33. The van der Waals surface area contributed by atoms with Gasteiger partial charge in [0.2, 0.25) is 0 Å². The summed E-state index contributed by atoms with van der Waals surface area (Å²) in [5, 5.41) is 2.49. The molecule has 16 heavy (non-hydrogen) atoms. The molecule has 0 atom stereocenters. The minimum absolute atomic E-state index is 0.202. The van der Waals surface area contributed by atoms with Gasteiger partial charge in [0.05, 0.1) is 15.0 Å². The molecule has 0 fully saturated rings. The summed E-state index contributed by atoms with van der Waals surface area (Å²) in [6.07, 6.45) is -0.771. The van der Waals surface area contributed by atoms with E-state index in [1.165, 1.54) is 12.1 Å². The molecule has 0 heterocycles. The van der Waals surface area contributed by atoms with E-state index in [9.17, 15) is 9.18 Å². The van der Waals surface area contributed by atoms with Gasteiger partial charge < -0.3 is 4.74 Å². The van der Waals surface area contributed by atoms with E-state index in [0.717, 1.165) is 0 Å². The maximum atomic E-state index is 13.2. The minimum atomic E-state index is -0.569. The third-order valence-electron chi connectivity index (χ3n) is 1.57. The van der Waals surface area contributed by atoms with Crippen LogP contribution in [0, 0.1) is 5.82 Å². The lowest BCUT2D eigenvalue weighted by atomic mass is 10.3. The Morgan fingerprint density at radius 3 is 2.31 bits per heavy atom. The number of carbonyl (C=O) groups is 1. The van der Waals surface area contributed by atoms with Crippen molar-refractivity contribution < 1.29 is 13.9 Å². The van der Waals surface area contributed by atoms with Crippen molar-refractivity contribution in [2.45, 2.75) is 20.0 Å². The fourth-order valence-electron chi connectivity index (χ4n) is 0.989. The Labute approximate surface area is 110 Å². The molecule has 0 saturated carbocycles. The molecule has 1 aromatic rings. The number of ether oxygens (including phenoxy) is 1. The highest BCUT2D eigenvalue weighted by Gasteiger charge is 2.10. The van der Waals surface area contributed by atoms with Crippen LogP contribution < -0.4 is 5.32 Å². The van der Waals surface area contributed by atoms with E-state index in [1.54, 1.807) is 13.8 Å². The molecule has 6 heteroatoms. The Kier molecular flexibility index (Phi) is 4.73. The highest BCUT2D eigenvalue weighted by Crippen LogP contribution is 2.28. The van der Waals surface area contributed by atoms with E-state index in [4.69, 9.17) is 4.74 Å². The summed E-state index contributed by atoms with van der Waals surface area (Å²) in [6.45, 7) is 3.49. The van der Waals surface area contributed by atoms with Crippen LogP contribution >= 0.6 is 31.9 Å². The minimum Gasteiger partial charge on any atom is -0.447 e. The van der Waals surface area contributed by atoms with Gasteiger partial charge in [-0.1, -0.05) is 0 Å². The topological polar surface area (TPSA) is 38.3 Å². The summed E-state index contributed by atoms with van der Waals surface area (Å²) in [7, 11) is 0. The molecule has 88 valence electrons. The molecule has 1 rings (SSSR count). The zero-order valence-electron chi connectivity index (χ0n) is 8.68. The molecule has 0 aromatic heterocycles. The van der Waals surface area contributed by atoms with Crippen molar-refractivity contribution >= 4 is 43.6 Å². The number of benzene rings is 1. The SMILES string of the molecule is CC(C)OC(=O)Nc1cc(Br)c(F)c(Br)c1. The van der Waals surface area contributed by atoms with Crippen molar-refractivity contribution in [1.29, 1.82) is 0 Å². The van der Waals surface area contributed by atoms with Crippen LogP contribution in [0.2, 0.25) is 0 Å². The number of nitrogens with one attached hydrogen (secondary N) is 1. The number of carbonyl (C=O) groups excluding carboxylic acids is 1. The third-order valence-corrected chi connectivity index (χ3v) is 2.73. The average molecular weight is 355 g/mol. The van der Waals surface area contributed by atoms with Crippen molar-refractivity contribution in [3.8, 4) is 0 Å². The van der Waals surface area contributed by atoms with Crippen LogP contribution in [-0.2, 0) is 4.74 Å². The van der Waals surface area contributed by atoms with Crippen LogP contribution in [0.1, 0.15) is 13.8 Å². The molecule has 1 N–H and O–H groups in total. The van der Waals surface area contributed by atoms with Gasteiger partial charge in [0, 0.05) is 5.69 Å². The van der Waals surface area contributed by atoms with E-state index in [2.05, 4.69) is 37.2 Å². The first-order chi connectivity index (χ1) is 7.40. The Morgan fingerprint density at radius 2 is 1.88 bits per heavy atom. The zero-order chi connectivity index (χ0) is 12.3. The first kappa shape index (κ1) is 13.4. The molecule has 0 aliphatic rings. The lowest BCUT2D eigenvalue weighted by Crippen LogP contribution is -2.18. The Bertz CT molecular complexity index is 387. The van der Waals surface area contributed by atoms with Crippen LogP contribution in [0.5, 0.6) is 0 Å². The molecule has 3 nitrogen and oxygen atoms in total. The number of halogens is 3. The maximum Gasteiger partial charge on any atom is 0.411 e. The van der Waals surface area contributed by atoms with Crippen LogP contribution in [0.3, 0.4) is 0 Å². The average Bonchev–Trinajstić information content (AvgIpc) is 2.12. The Hall–Kier alpha value is -0.620. The smallest absolute Gasteiger partial charge is 0.411 e. The van der Waals surface area contributed by atoms with E-state index in [1.807, 2.05) is 0 Å². The summed E-state index contributed by atoms with van der Waals surface area (Å²) >= 11 is 6.08. The van der Waals surface area contributed by atoms with Crippen molar-refractivity contribution in [1.82, 2.24) is 0 Å². The van der Waals surface area contributed by atoms with Gasteiger partial charge in [0.1, 0.15) is 0 Å². The summed E-state index contributed by atoms with van der Waals surface area (Å²) in [5.74, 6) is -0.414. The van der Waals surface area contributed by atoms with Gasteiger partial charge in [-0.3, -0.25) is 5.32 Å². The van der Waals surface area contributed by atoms with Crippen LogP contribution in [0.25, 0.3) is 0 Å². The highest BCUT2D eigenvalue weighted by molar-refractivity contribution is 9.11. The molecule has 1 amide bonds. The normalized spacial score (nSPS) is 10.4. The van der Waals surface area contributed by atoms with Crippen LogP contribution in [-0.4, -0.2) is 12.2 Å². The fraction of sp³-hybridized carbons (Fsp3) is 0.300. The highest BCUT2D eigenvalue weighted by atomic mass is 79.9. The number of rotatable bonds is 2. The molecule has 1 aromatic carbocycles. The standard InChI is InChI=1S/C10H10Br2FNO2/c1-5(2)16-10(15)14-6-3-7(11)9(13)8(12)4-6/h3-5H,1-2H3,(H,14,15). The number of anilines is 1. The van der Waals surface area contributed by atoms with Crippen molar-refractivity contribution in [2.24, 2.45) is 0 Å². The lowest BCUT2D eigenvalue weighted by Gasteiger charge is -2.10. The summed E-state index contributed by atoms with van der Waals surface area (Å²) in [4.78, 5) is 11.3. The molecule has 0 aliphatic heterocycles. The summed E-state index contributed by atoms with van der Waals surface area (Å²) in [6, 6.07) is 2.92. The quantitative estimate of drug-likeness (QED) is 0.804. The van der Waals surface area contributed by atoms with Gasteiger partial charge in [-0.15, -0.1) is 0 Å². The second kappa shape index (κ2) is 5.63. The first-order valence-corrected chi connectivity index (χ1v) is 6.11. The van der Waals surface area contributed by atoms with Crippen molar-refractivity contribution in [2.75, 3.05) is 5.32 Å². The predicted octanol–water partition coefficient (Wildman–Crippen LogP) is 4.31. The first-order valence-electron chi connectivity index (χ1n) is 4.52. The van der Waals surface area contributed by atoms with Crippen molar-refractivity contribution in [3.05, 3.63) is 26.9 Å². The fourth-order valence-corrected chi connectivity index (χ4v) is 2.18. The predicted molar refractivity (Wildman–Crippen MR) is 67.0 cm³/mol. The monoisotopic (exact) mass is 353 g/mol. The number of hydrogen-bond donors (Lipinski definition) is 1. The van der Waals surface area contributed by atoms with Gasteiger partial charge in [-0.25, -0.2) is 9.18 Å². The number of amides is 1. The van der Waals surface area contributed by atoms with Gasteiger partial charge >= 0.3 is 6.09 Å². The summed E-state index contributed by atoms with van der Waals surface area (Å²) in [5.41, 5.74) is 0.450. The van der Waals surface area contributed by atoms with Gasteiger partial charge in [0.25, 0.3) is 0 Å². The summed E-state index contributed by atoms with van der Waals surface area (Å²) < 4.78 is 18.6. The molecule has 0 unspecified atom stereocenters. The van der Waals surface area contributed by atoms with E-state index < -0.39 is 11.9 Å². The van der Waals surface area contributed by atoms with E-state index in [0.29, 0.717) is 5.69 Å². The molecule has 0 aliphatic carbocycles. The molecule has 0 spiro atoms. The number of hydrogen-bond acceptors (Lipinski definition) is 2. The van der Waals surface area contributed by atoms with Crippen LogP contribution in [0.15, 0.2) is 21.1 Å². The maximum absolute atomic E-state index is 13.2. The van der Waals surface area contributed by atoms with Crippen LogP contribution in [0.4, 0.5) is 14.9 Å². The van der Waals surface area contributed by atoms with Gasteiger partial charge in [-0.05, 0) is 57.8 Å². The van der Waals surface area contributed by atoms with Gasteiger partial charge in [0.15, 0.2) is 5.82 Å². The molecule has 0 bridgehead atoms. The van der Waals surface area contributed by atoms with Gasteiger partial charge in [-0.2, -0.15) is 0 Å². The van der Waals surface area contributed by atoms with E-state index >= 15 is 0 Å². The third kappa shape index (κ3) is 3.75. The molecular formula is C10H10Br2FNO2. The molecule has 0 radical (unpaired) electrons. The molecule has 0 saturated heterocycles. The van der Waals surface area contributed by atoms with E-state index in [-0.39, 0.29) is 15.0 Å².